The van der Waals surface area contributed by atoms with Gasteiger partial charge in [-0.2, -0.15) is 0 Å². The van der Waals surface area contributed by atoms with E-state index >= 15 is 0 Å². The van der Waals surface area contributed by atoms with Gasteiger partial charge in [-0.1, -0.05) is 6.07 Å². The summed E-state index contributed by atoms with van der Waals surface area (Å²) < 4.78 is 2.56. The van der Waals surface area contributed by atoms with Crippen LogP contribution in [0.3, 0.4) is 0 Å². The number of hydrogen-bond acceptors (Lipinski definition) is 4. The normalized spacial score (nSPS) is 10.2. The summed E-state index contributed by atoms with van der Waals surface area (Å²) in [6, 6.07) is 5.25. The molecule has 0 aliphatic carbocycles. The van der Waals surface area contributed by atoms with Gasteiger partial charge < -0.3 is 11.1 Å². The summed E-state index contributed by atoms with van der Waals surface area (Å²) in [6.45, 7) is 1.11. The highest BCUT2D eigenvalue weighted by atomic mass is 35.5. The van der Waals surface area contributed by atoms with Crippen molar-refractivity contribution in [3.05, 3.63) is 34.9 Å². The molecule has 3 N–H and O–H groups in total. The van der Waals surface area contributed by atoms with Gasteiger partial charge in [-0.25, -0.2) is 9.48 Å². The first kappa shape index (κ1) is 16.2. The van der Waals surface area contributed by atoms with Crippen LogP contribution in [0.4, 0.5) is 0 Å². The predicted octanol–water partition coefficient (Wildman–Crippen LogP) is -0.227. The molecule has 2 aromatic rings. The molecule has 0 aliphatic heterocycles. The van der Waals surface area contributed by atoms with Crippen molar-refractivity contribution >= 4 is 24.0 Å². The maximum absolute atomic E-state index is 11.9. The van der Waals surface area contributed by atoms with Gasteiger partial charge in [0.15, 0.2) is 5.65 Å². The van der Waals surface area contributed by atoms with E-state index in [0.717, 1.165) is 17.5 Å². The number of pyridine rings is 1. The zero-order valence-corrected chi connectivity index (χ0v) is 11.8. The number of nitrogens with one attached hydrogen (secondary N) is 1. The molecule has 0 spiro atoms. The van der Waals surface area contributed by atoms with Crippen LogP contribution in [-0.4, -0.2) is 33.2 Å². The second-order valence-electron chi connectivity index (χ2n) is 4.21. The number of carbonyl (C=O) groups is 1. The first-order chi connectivity index (χ1) is 9.22. The summed E-state index contributed by atoms with van der Waals surface area (Å²) in [5.41, 5.74) is 5.58. The Balaban J connectivity index is 0.00000200. The molecule has 2 heterocycles. The Hall–Kier alpha value is -1.86. The van der Waals surface area contributed by atoms with Crippen LogP contribution in [0.2, 0.25) is 0 Å². The number of hydrogen-bond donors (Lipinski definition) is 2. The first-order valence-corrected chi connectivity index (χ1v) is 6.23. The molecule has 2 rings (SSSR count). The third kappa shape index (κ3) is 3.82. The van der Waals surface area contributed by atoms with Crippen LogP contribution in [0.25, 0.3) is 5.65 Å². The average molecular weight is 300 g/mol. The predicted molar refractivity (Wildman–Crippen MR) is 78.0 cm³/mol. The van der Waals surface area contributed by atoms with E-state index in [0.29, 0.717) is 18.7 Å². The van der Waals surface area contributed by atoms with E-state index in [1.54, 1.807) is 24.4 Å². The van der Waals surface area contributed by atoms with E-state index in [2.05, 4.69) is 10.4 Å². The Bertz CT molecular complexity index is 622. The van der Waals surface area contributed by atoms with E-state index in [9.17, 15) is 9.59 Å². The van der Waals surface area contributed by atoms with Crippen LogP contribution in [0.15, 0.2) is 29.2 Å². The van der Waals surface area contributed by atoms with Gasteiger partial charge in [0, 0.05) is 12.7 Å². The zero-order chi connectivity index (χ0) is 13.7. The molecular formula is C12H18ClN5O2. The fourth-order valence-electron chi connectivity index (χ4n) is 1.76. The quantitative estimate of drug-likeness (QED) is 0.721. The SMILES string of the molecule is Cl.NCCCCNC(=O)Cn1nc2ccccn2c1=O. The van der Waals surface area contributed by atoms with Crippen molar-refractivity contribution < 1.29 is 4.79 Å². The summed E-state index contributed by atoms with van der Waals surface area (Å²) >= 11 is 0. The van der Waals surface area contributed by atoms with Crippen molar-refractivity contribution in [3.8, 4) is 0 Å². The minimum absolute atomic E-state index is 0. The lowest BCUT2D eigenvalue weighted by Gasteiger charge is -2.03. The molecule has 1 amide bonds. The van der Waals surface area contributed by atoms with Crippen molar-refractivity contribution in [3.63, 3.8) is 0 Å². The number of unbranched alkanes of at least 4 members (excludes halogenated alkanes) is 1. The third-order valence-corrected chi connectivity index (χ3v) is 2.73. The van der Waals surface area contributed by atoms with E-state index in [-0.39, 0.29) is 30.5 Å². The Labute approximate surface area is 122 Å². The Morgan fingerprint density at radius 1 is 1.35 bits per heavy atom. The van der Waals surface area contributed by atoms with E-state index in [1.807, 2.05) is 0 Å². The van der Waals surface area contributed by atoms with Gasteiger partial charge in [-0.15, -0.1) is 17.5 Å². The molecule has 0 fully saturated rings. The maximum Gasteiger partial charge on any atom is 0.350 e. The van der Waals surface area contributed by atoms with Gasteiger partial charge in [0.2, 0.25) is 5.91 Å². The van der Waals surface area contributed by atoms with Gasteiger partial charge >= 0.3 is 5.69 Å². The van der Waals surface area contributed by atoms with Crippen LogP contribution in [0, 0.1) is 0 Å². The summed E-state index contributed by atoms with van der Waals surface area (Å²) in [7, 11) is 0. The molecule has 7 nitrogen and oxygen atoms in total. The minimum Gasteiger partial charge on any atom is -0.354 e. The highest BCUT2D eigenvalue weighted by Gasteiger charge is 2.09. The van der Waals surface area contributed by atoms with Gasteiger partial charge in [-0.3, -0.25) is 9.20 Å². The lowest BCUT2D eigenvalue weighted by Crippen LogP contribution is -2.33. The number of nitrogens with two attached hydrogens (primary N) is 1. The number of rotatable bonds is 6. The molecule has 0 aliphatic rings. The van der Waals surface area contributed by atoms with Gasteiger partial charge in [0.05, 0.1) is 0 Å². The lowest BCUT2D eigenvalue weighted by atomic mass is 10.3. The number of fused-ring (bicyclic) bond motifs is 1. The summed E-state index contributed by atoms with van der Waals surface area (Å²) in [4.78, 5) is 23.6. The van der Waals surface area contributed by atoms with E-state index in [4.69, 9.17) is 5.73 Å². The molecule has 8 heteroatoms. The summed E-state index contributed by atoms with van der Waals surface area (Å²) in [5.74, 6) is -0.220. The Morgan fingerprint density at radius 3 is 2.85 bits per heavy atom. The molecule has 0 aromatic carbocycles. The largest absolute Gasteiger partial charge is 0.354 e. The molecule has 0 radical (unpaired) electrons. The number of nitrogens with zero attached hydrogens (tertiary/aromatic N) is 3. The van der Waals surface area contributed by atoms with E-state index < -0.39 is 0 Å². The van der Waals surface area contributed by atoms with Crippen LogP contribution < -0.4 is 16.7 Å². The molecule has 0 bridgehead atoms. The van der Waals surface area contributed by atoms with E-state index in [1.165, 1.54) is 4.40 Å². The van der Waals surface area contributed by atoms with Crippen molar-refractivity contribution in [2.24, 2.45) is 5.73 Å². The number of carbonyl (C=O) groups excluding carboxylic acids is 1. The maximum atomic E-state index is 11.9. The monoisotopic (exact) mass is 299 g/mol. The van der Waals surface area contributed by atoms with Gasteiger partial charge in [0.1, 0.15) is 6.54 Å². The third-order valence-electron chi connectivity index (χ3n) is 2.73. The molecule has 0 unspecified atom stereocenters. The van der Waals surface area contributed by atoms with Crippen LogP contribution in [0.1, 0.15) is 12.8 Å². The van der Waals surface area contributed by atoms with Crippen LogP contribution in [-0.2, 0) is 11.3 Å². The fraction of sp³-hybridized carbons (Fsp3) is 0.417. The molecule has 0 saturated heterocycles. The molecule has 0 saturated carbocycles. The first-order valence-electron chi connectivity index (χ1n) is 6.23. The van der Waals surface area contributed by atoms with Crippen LogP contribution in [0.5, 0.6) is 0 Å². The molecule has 20 heavy (non-hydrogen) atoms. The van der Waals surface area contributed by atoms with Crippen LogP contribution >= 0.6 is 12.4 Å². The molecule has 2 aromatic heterocycles. The summed E-state index contributed by atoms with van der Waals surface area (Å²) in [5, 5.41) is 6.82. The Kier molecular flexibility index (Phi) is 6.20. The number of aromatic nitrogens is 3. The van der Waals surface area contributed by atoms with Crippen molar-refractivity contribution in [2.45, 2.75) is 19.4 Å². The fourth-order valence-corrected chi connectivity index (χ4v) is 1.76. The smallest absolute Gasteiger partial charge is 0.350 e. The Morgan fingerprint density at radius 2 is 2.15 bits per heavy atom. The second-order valence-corrected chi connectivity index (χ2v) is 4.21. The van der Waals surface area contributed by atoms with Gasteiger partial charge in [-0.05, 0) is 31.5 Å². The highest BCUT2D eigenvalue weighted by Crippen LogP contribution is 1.94. The average Bonchev–Trinajstić information content (AvgIpc) is 2.72. The van der Waals surface area contributed by atoms with Crippen molar-refractivity contribution in [1.29, 1.82) is 0 Å². The number of amides is 1. The standard InChI is InChI=1S/C12H17N5O2.ClH/c13-6-2-3-7-14-11(18)9-17-12(19)16-8-4-1-5-10(16)15-17;/h1,4-5,8H,2-3,6-7,9,13H2,(H,14,18);1H. The van der Waals surface area contributed by atoms with Crippen molar-refractivity contribution in [2.75, 3.05) is 13.1 Å². The molecule has 0 atom stereocenters. The second kappa shape index (κ2) is 7.66. The van der Waals surface area contributed by atoms with Crippen molar-refractivity contribution in [1.82, 2.24) is 19.5 Å². The highest BCUT2D eigenvalue weighted by molar-refractivity contribution is 5.85. The number of halogens is 1. The topological polar surface area (TPSA) is 94.4 Å². The van der Waals surface area contributed by atoms with Gasteiger partial charge in [0.25, 0.3) is 0 Å². The minimum atomic E-state index is -0.312. The lowest BCUT2D eigenvalue weighted by molar-refractivity contribution is -0.121. The molecule has 110 valence electrons. The molecular weight excluding hydrogens is 282 g/mol. The zero-order valence-electron chi connectivity index (χ0n) is 11.0. The summed E-state index contributed by atoms with van der Waals surface area (Å²) in [6.07, 6.45) is 3.33.